The van der Waals surface area contributed by atoms with Crippen LogP contribution in [-0.4, -0.2) is 18.9 Å². The summed E-state index contributed by atoms with van der Waals surface area (Å²) < 4.78 is 0. The maximum Gasteiger partial charge on any atom is 0.182 e. The molecule has 2 rings (SSSR count). The molecule has 2 nitrogen and oxygen atoms in total. The minimum atomic E-state index is 0.178. The number of rotatable bonds is 5. The van der Waals surface area contributed by atoms with Crippen LogP contribution in [0.25, 0.3) is 0 Å². The Bertz CT molecular complexity index is 646. The van der Waals surface area contributed by atoms with Crippen molar-refractivity contribution in [2.24, 2.45) is 0 Å². The smallest absolute Gasteiger partial charge is 0.182 e. The summed E-state index contributed by atoms with van der Waals surface area (Å²) in [4.78, 5) is 14.7. The largest absolute Gasteiger partial charge is 0.364 e. The summed E-state index contributed by atoms with van der Waals surface area (Å²) in [5, 5.41) is 0. The van der Waals surface area contributed by atoms with Crippen molar-refractivity contribution >= 4 is 11.5 Å². The van der Waals surface area contributed by atoms with Gasteiger partial charge in [0, 0.05) is 17.8 Å². The van der Waals surface area contributed by atoms with Gasteiger partial charge in [-0.1, -0.05) is 42.0 Å². The highest BCUT2D eigenvalue weighted by atomic mass is 16.1. The minimum Gasteiger partial charge on any atom is -0.364 e. The topological polar surface area (TPSA) is 20.3 Å². The molecule has 0 saturated carbocycles. The number of benzene rings is 2. The molecular formula is C19H23NO. The van der Waals surface area contributed by atoms with E-state index in [2.05, 4.69) is 36.9 Å². The highest BCUT2D eigenvalue weighted by Crippen LogP contribution is 2.20. The fraction of sp³-hybridized carbons (Fsp3) is 0.316. The van der Waals surface area contributed by atoms with Gasteiger partial charge in [-0.3, -0.25) is 4.79 Å². The van der Waals surface area contributed by atoms with Crippen molar-refractivity contribution in [2.75, 3.05) is 18.0 Å². The Balaban J connectivity index is 2.23. The van der Waals surface area contributed by atoms with Gasteiger partial charge in [0.2, 0.25) is 0 Å². The SMILES string of the molecule is CCN(CC(=O)c1ccc(C)cc1C)c1ccccc1C. The van der Waals surface area contributed by atoms with Crippen LogP contribution in [0.5, 0.6) is 0 Å². The molecule has 0 unspecified atom stereocenters. The van der Waals surface area contributed by atoms with Crippen molar-refractivity contribution in [1.82, 2.24) is 0 Å². The number of ketones is 1. The van der Waals surface area contributed by atoms with Gasteiger partial charge in [-0.25, -0.2) is 0 Å². The molecule has 0 atom stereocenters. The van der Waals surface area contributed by atoms with Crippen LogP contribution < -0.4 is 4.90 Å². The van der Waals surface area contributed by atoms with E-state index in [0.29, 0.717) is 6.54 Å². The lowest BCUT2D eigenvalue weighted by Crippen LogP contribution is -2.30. The summed E-state index contributed by atoms with van der Waals surface area (Å²) in [6, 6.07) is 14.2. The molecule has 0 aliphatic carbocycles. The average Bonchev–Trinajstić information content (AvgIpc) is 2.45. The molecule has 0 saturated heterocycles. The predicted octanol–water partition coefficient (Wildman–Crippen LogP) is 4.32. The van der Waals surface area contributed by atoms with Gasteiger partial charge in [0.1, 0.15) is 0 Å². The number of carbonyl (C=O) groups excluding carboxylic acids is 1. The molecule has 2 aromatic rings. The van der Waals surface area contributed by atoms with Gasteiger partial charge in [-0.05, 0) is 44.9 Å². The molecule has 0 aromatic heterocycles. The van der Waals surface area contributed by atoms with Crippen LogP contribution in [0, 0.1) is 20.8 Å². The number of aryl methyl sites for hydroxylation is 3. The second-order valence-corrected chi connectivity index (χ2v) is 5.54. The summed E-state index contributed by atoms with van der Waals surface area (Å²) in [5.41, 5.74) is 5.41. The van der Waals surface area contributed by atoms with Crippen LogP contribution in [-0.2, 0) is 0 Å². The van der Waals surface area contributed by atoms with Gasteiger partial charge in [-0.2, -0.15) is 0 Å². The third-order valence-electron chi connectivity index (χ3n) is 3.85. The van der Waals surface area contributed by atoms with Crippen molar-refractivity contribution in [1.29, 1.82) is 0 Å². The molecule has 0 N–H and O–H groups in total. The van der Waals surface area contributed by atoms with E-state index in [9.17, 15) is 4.79 Å². The standard InChI is InChI=1S/C19H23NO/c1-5-20(18-9-7-6-8-15(18)3)13-19(21)17-11-10-14(2)12-16(17)4/h6-12H,5,13H2,1-4H3. The quantitative estimate of drug-likeness (QED) is 0.761. The summed E-state index contributed by atoms with van der Waals surface area (Å²) in [7, 11) is 0. The number of nitrogens with zero attached hydrogens (tertiary/aromatic N) is 1. The van der Waals surface area contributed by atoms with Crippen molar-refractivity contribution in [2.45, 2.75) is 27.7 Å². The Kier molecular flexibility index (Phi) is 4.79. The van der Waals surface area contributed by atoms with E-state index in [0.717, 1.165) is 23.4 Å². The van der Waals surface area contributed by atoms with Gasteiger partial charge in [0.25, 0.3) is 0 Å². The van der Waals surface area contributed by atoms with E-state index in [4.69, 9.17) is 0 Å². The Morgan fingerprint density at radius 1 is 1.00 bits per heavy atom. The summed E-state index contributed by atoms with van der Waals surface area (Å²) >= 11 is 0. The number of carbonyl (C=O) groups is 1. The van der Waals surface area contributed by atoms with Crippen LogP contribution in [0.3, 0.4) is 0 Å². The Morgan fingerprint density at radius 2 is 1.71 bits per heavy atom. The highest BCUT2D eigenvalue weighted by Gasteiger charge is 2.15. The van der Waals surface area contributed by atoms with E-state index in [-0.39, 0.29) is 5.78 Å². The Morgan fingerprint density at radius 3 is 2.33 bits per heavy atom. The van der Waals surface area contributed by atoms with Crippen LogP contribution >= 0.6 is 0 Å². The average molecular weight is 281 g/mol. The number of Topliss-reactive ketones (excluding diaryl/α,β-unsaturated/α-hetero) is 1. The van der Waals surface area contributed by atoms with E-state index in [1.54, 1.807) is 0 Å². The molecule has 0 amide bonds. The normalized spacial score (nSPS) is 10.5. The second-order valence-electron chi connectivity index (χ2n) is 5.54. The lowest BCUT2D eigenvalue weighted by molar-refractivity contribution is 0.0998. The zero-order chi connectivity index (χ0) is 15.4. The number of likely N-dealkylation sites (N-methyl/N-ethyl adjacent to an activating group) is 1. The molecule has 0 heterocycles. The van der Waals surface area contributed by atoms with Crippen LogP contribution in [0.4, 0.5) is 5.69 Å². The van der Waals surface area contributed by atoms with Crippen LogP contribution in [0.1, 0.15) is 34.0 Å². The van der Waals surface area contributed by atoms with Gasteiger partial charge in [-0.15, -0.1) is 0 Å². The number of para-hydroxylation sites is 1. The molecule has 0 bridgehead atoms. The Hall–Kier alpha value is -2.09. The number of anilines is 1. The zero-order valence-corrected chi connectivity index (χ0v) is 13.3. The lowest BCUT2D eigenvalue weighted by atomic mass is 10.0. The zero-order valence-electron chi connectivity index (χ0n) is 13.3. The predicted molar refractivity (Wildman–Crippen MR) is 89.3 cm³/mol. The molecule has 0 spiro atoms. The molecule has 2 aromatic carbocycles. The van der Waals surface area contributed by atoms with Gasteiger partial charge in [0.15, 0.2) is 5.78 Å². The second kappa shape index (κ2) is 6.57. The summed E-state index contributed by atoms with van der Waals surface area (Å²) in [5.74, 6) is 0.178. The van der Waals surface area contributed by atoms with Crippen molar-refractivity contribution < 1.29 is 4.79 Å². The van der Waals surface area contributed by atoms with Crippen molar-refractivity contribution in [3.05, 3.63) is 64.7 Å². The highest BCUT2D eigenvalue weighted by molar-refractivity contribution is 6.00. The first-order valence-corrected chi connectivity index (χ1v) is 7.44. The maximum absolute atomic E-state index is 12.6. The molecule has 0 aliphatic heterocycles. The van der Waals surface area contributed by atoms with Crippen LogP contribution in [0.2, 0.25) is 0 Å². The molecule has 21 heavy (non-hydrogen) atoms. The molecule has 0 fully saturated rings. The fourth-order valence-corrected chi connectivity index (χ4v) is 2.67. The minimum absolute atomic E-state index is 0.178. The summed E-state index contributed by atoms with van der Waals surface area (Å²) in [6.07, 6.45) is 0. The van der Waals surface area contributed by atoms with E-state index in [1.807, 2.05) is 38.1 Å². The number of hydrogen-bond acceptors (Lipinski definition) is 2. The third kappa shape index (κ3) is 3.52. The third-order valence-corrected chi connectivity index (χ3v) is 3.85. The van der Waals surface area contributed by atoms with E-state index < -0.39 is 0 Å². The van der Waals surface area contributed by atoms with E-state index in [1.165, 1.54) is 11.1 Å². The van der Waals surface area contributed by atoms with Crippen molar-refractivity contribution in [3.8, 4) is 0 Å². The first-order chi connectivity index (χ1) is 10.0. The van der Waals surface area contributed by atoms with Gasteiger partial charge >= 0.3 is 0 Å². The molecule has 2 heteroatoms. The monoisotopic (exact) mass is 281 g/mol. The fourth-order valence-electron chi connectivity index (χ4n) is 2.67. The molecule has 110 valence electrons. The van der Waals surface area contributed by atoms with Gasteiger partial charge < -0.3 is 4.90 Å². The molecular weight excluding hydrogens is 258 g/mol. The van der Waals surface area contributed by atoms with Crippen molar-refractivity contribution in [3.63, 3.8) is 0 Å². The molecule has 0 radical (unpaired) electrons. The first kappa shape index (κ1) is 15.3. The van der Waals surface area contributed by atoms with Crippen LogP contribution in [0.15, 0.2) is 42.5 Å². The van der Waals surface area contributed by atoms with E-state index >= 15 is 0 Å². The lowest BCUT2D eigenvalue weighted by Gasteiger charge is -2.24. The number of hydrogen-bond donors (Lipinski definition) is 0. The summed E-state index contributed by atoms with van der Waals surface area (Å²) in [6.45, 7) is 9.46. The Labute approximate surface area is 127 Å². The first-order valence-electron chi connectivity index (χ1n) is 7.44. The molecule has 0 aliphatic rings. The van der Waals surface area contributed by atoms with Gasteiger partial charge in [0.05, 0.1) is 6.54 Å². The maximum atomic E-state index is 12.6.